The Morgan fingerprint density at radius 2 is 1.82 bits per heavy atom. The summed E-state index contributed by atoms with van der Waals surface area (Å²) in [6.45, 7) is 4.55. The Kier molecular flexibility index (Phi) is 7.04. The molecule has 2 heterocycles. The van der Waals surface area contributed by atoms with Crippen LogP contribution >= 0.6 is 11.8 Å². The zero-order valence-electron chi connectivity index (χ0n) is 18.4. The second kappa shape index (κ2) is 10.3. The molecule has 4 rings (SSSR count). The summed E-state index contributed by atoms with van der Waals surface area (Å²) in [4.78, 5) is 34.7. The topological polar surface area (TPSA) is 86.1 Å². The van der Waals surface area contributed by atoms with Crippen LogP contribution in [0.15, 0.2) is 76.8 Å². The molecule has 0 aliphatic carbocycles. The van der Waals surface area contributed by atoms with Crippen molar-refractivity contribution in [3.63, 3.8) is 0 Å². The van der Waals surface area contributed by atoms with E-state index in [4.69, 9.17) is 4.74 Å². The molecule has 33 heavy (non-hydrogen) atoms. The Hall–Kier alpha value is -3.65. The Morgan fingerprint density at radius 3 is 2.52 bits per heavy atom. The van der Waals surface area contributed by atoms with E-state index in [1.807, 2.05) is 31.2 Å². The predicted molar refractivity (Wildman–Crippen MR) is 131 cm³/mol. The summed E-state index contributed by atoms with van der Waals surface area (Å²) in [5.41, 5.74) is 2.68. The van der Waals surface area contributed by atoms with Gasteiger partial charge in [-0.15, -0.1) is 0 Å². The largest absolute Gasteiger partial charge is 0.494 e. The molecule has 2 aromatic heterocycles. The molecule has 4 aromatic rings. The number of benzene rings is 2. The smallest absolute Gasteiger partial charge is 0.268 e. The molecule has 0 unspecified atom stereocenters. The molecule has 8 heteroatoms. The number of nitrogens with one attached hydrogen (secondary N) is 1. The second-order valence-electron chi connectivity index (χ2n) is 7.22. The van der Waals surface area contributed by atoms with Crippen LogP contribution in [0, 0.1) is 0 Å². The number of aromatic nitrogens is 3. The highest BCUT2D eigenvalue weighted by molar-refractivity contribution is 7.99. The van der Waals surface area contributed by atoms with Crippen LogP contribution in [-0.4, -0.2) is 32.8 Å². The van der Waals surface area contributed by atoms with Crippen molar-refractivity contribution in [2.45, 2.75) is 25.4 Å². The molecule has 0 saturated carbocycles. The van der Waals surface area contributed by atoms with Gasteiger partial charge in [0.2, 0.25) is 5.91 Å². The molecule has 2 aromatic carbocycles. The molecule has 0 saturated heterocycles. The first kappa shape index (κ1) is 22.5. The van der Waals surface area contributed by atoms with Crippen molar-refractivity contribution in [2.75, 3.05) is 17.7 Å². The van der Waals surface area contributed by atoms with E-state index in [2.05, 4.69) is 22.2 Å². The molecule has 1 amide bonds. The molecule has 0 bridgehead atoms. The second-order valence-corrected chi connectivity index (χ2v) is 8.17. The first-order valence-electron chi connectivity index (χ1n) is 10.7. The van der Waals surface area contributed by atoms with Gasteiger partial charge in [0.15, 0.2) is 10.8 Å². The van der Waals surface area contributed by atoms with Crippen LogP contribution in [0.1, 0.15) is 19.4 Å². The van der Waals surface area contributed by atoms with E-state index in [0.29, 0.717) is 34.2 Å². The number of thioether (sulfide) groups is 1. The zero-order valence-corrected chi connectivity index (χ0v) is 19.3. The highest BCUT2D eigenvalue weighted by atomic mass is 32.2. The molecule has 0 atom stereocenters. The third-order valence-corrected chi connectivity index (χ3v) is 5.94. The maximum absolute atomic E-state index is 13.3. The van der Waals surface area contributed by atoms with E-state index in [1.54, 1.807) is 42.6 Å². The van der Waals surface area contributed by atoms with Crippen molar-refractivity contribution in [1.29, 1.82) is 0 Å². The highest BCUT2D eigenvalue weighted by Crippen LogP contribution is 2.23. The van der Waals surface area contributed by atoms with Crippen molar-refractivity contribution < 1.29 is 9.53 Å². The first-order chi connectivity index (χ1) is 16.1. The number of anilines is 1. The number of nitrogens with zero attached hydrogens (tertiary/aromatic N) is 3. The quantitative estimate of drug-likeness (QED) is 0.308. The molecular formula is C25H24N4O3S. The van der Waals surface area contributed by atoms with Crippen LogP contribution in [-0.2, 0) is 11.2 Å². The third-order valence-electron chi connectivity index (χ3n) is 5.00. The lowest BCUT2D eigenvalue weighted by molar-refractivity contribution is -0.113. The van der Waals surface area contributed by atoms with Gasteiger partial charge in [-0.05, 0) is 67.4 Å². The molecule has 0 aliphatic rings. The van der Waals surface area contributed by atoms with Crippen LogP contribution in [0.25, 0.3) is 16.7 Å². The SMILES string of the molecule is CCOc1ccc(-n2c(SCC(=O)Nc3ccc(CC)cc3)nc3ncccc3c2=O)cc1. The minimum Gasteiger partial charge on any atom is -0.494 e. The fourth-order valence-electron chi connectivity index (χ4n) is 3.33. The van der Waals surface area contributed by atoms with Gasteiger partial charge in [0.1, 0.15) is 5.75 Å². The lowest BCUT2D eigenvalue weighted by Gasteiger charge is -2.13. The number of hydrogen-bond acceptors (Lipinski definition) is 6. The molecular weight excluding hydrogens is 436 g/mol. The average molecular weight is 461 g/mol. The van der Waals surface area contributed by atoms with Gasteiger partial charge in [0.05, 0.1) is 23.4 Å². The third kappa shape index (κ3) is 5.23. The summed E-state index contributed by atoms with van der Waals surface area (Å²) >= 11 is 1.19. The van der Waals surface area contributed by atoms with Crippen molar-refractivity contribution in [2.24, 2.45) is 0 Å². The van der Waals surface area contributed by atoms with E-state index in [9.17, 15) is 9.59 Å². The molecule has 0 fully saturated rings. The lowest BCUT2D eigenvalue weighted by atomic mass is 10.1. The highest BCUT2D eigenvalue weighted by Gasteiger charge is 2.15. The van der Waals surface area contributed by atoms with E-state index >= 15 is 0 Å². The minimum absolute atomic E-state index is 0.0946. The zero-order chi connectivity index (χ0) is 23.2. The van der Waals surface area contributed by atoms with Crippen molar-refractivity contribution in [3.8, 4) is 11.4 Å². The Bertz CT molecular complexity index is 1320. The van der Waals surface area contributed by atoms with Crippen LogP contribution in [0.2, 0.25) is 0 Å². The van der Waals surface area contributed by atoms with Gasteiger partial charge >= 0.3 is 0 Å². The van der Waals surface area contributed by atoms with Gasteiger partial charge in [-0.2, -0.15) is 0 Å². The van der Waals surface area contributed by atoms with Gasteiger partial charge in [-0.1, -0.05) is 30.8 Å². The monoisotopic (exact) mass is 460 g/mol. The Labute approximate surface area is 195 Å². The summed E-state index contributed by atoms with van der Waals surface area (Å²) in [6, 6.07) is 18.4. The van der Waals surface area contributed by atoms with Crippen LogP contribution < -0.4 is 15.6 Å². The van der Waals surface area contributed by atoms with Crippen LogP contribution in [0.3, 0.4) is 0 Å². The number of fused-ring (bicyclic) bond motifs is 1. The number of amides is 1. The fraction of sp³-hybridized carbons (Fsp3) is 0.200. The summed E-state index contributed by atoms with van der Waals surface area (Å²) in [5, 5.41) is 3.70. The van der Waals surface area contributed by atoms with Gasteiger partial charge in [0, 0.05) is 11.9 Å². The minimum atomic E-state index is -0.240. The number of carbonyl (C=O) groups excluding carboxylic acids is 1. The van der Waals surface area contributed by atoms with Crippen molar-refractivity contribution in [3.05, 3.63) is 82.8 Å². The molecule has 168 valence electrons. The fourth-order valence-corrected chi connectivity index (χ4v) is 4.14. The standard InChI is InChI=1S/C25H24N4O3S/c1-3-17-7-9-18(10-8-17)27-22(30)16-33-25-28-23-21(6-5-15-26-23)24(31)29(25)19-11-13-20(14-12-19)32-4-2/h5-15H,3-4,16H2,1-2H3,(H,27,30). The van der Waals surface area contributed by atoms with E-state index < -0.39 is 0 Å². The van der Waals surface area contributed by atoms with E-state index in [0.717, 1.165) is 12.1 Å². The molecule has 0 radical (unpaired) electrons. The first-order valence-corrected chi connectivity index (χ1v) is 11.7. The summed E-state index contributed by atoms with van der Waals surface area (Å²) < 4.78 is 7.01. The predicted octanol–water partition coefficient (Wildman–Crippen LogP) is 4.47. The van der Waals surface area contributed by atoms with Gasteiger partial charge in [-0.3, -0.25) is 14.2 Å². The molecule has 1 N–H and O–H groups in total. The Morgan fingerprint density at radius 1 is 1.06 bits per heavy atom. The van der Waals surface area contributed by atoms with E-state index in [-0.39, 0.29) is 17.2 Å². The normalized spacial score (nSPS) is 10.8. The molecule has 0 spiro atoms. The van der Waals surface area contributed by atoms with Crippen molar-refractivity contribution >= 4 is 34.4 Å². The summed E-state index contributed by atoms with van der Waals surface area (Å²) in [7, 11) is 0. The van der Waals surface area contributed by atoms with Crippen LogP contribution in [0.5, 0.6) is 5.75 Å². The van der Waals surface area contributed by atoms with Crippen molar-refractivity contribution in [1.82, 2.24) is 14.5 Å². The number of carbonyl (C=O) groups is 1. The van der Waals surface area contributed by atoms with Gasteiger partial charge < -0.3 is 10.1 Å². The van der Waals surface area contributed by atoms with Gasteiger partial charge in [-0.25, -0.2) is 9.97 Å². The van der Waals surface area contributed by atoms with E-state index in [1.165, 1.54) is 21.9 Å². The maximum Gasteiger partial charge on any atom is 0.268 e. The molecule has 7 nitrogen and oxygen atoms in total. The number of pyridine rings is 1. The summed E-state index contributed by atoms with van der Waals surface area (Å²) in [5.74, 6) is 0.627. The average Bonchev–Trinajstić information content (AvgIpc) is 2.84. The number of aryl methyl sites for hydroxylation is 1. The van der Waals surface area contributed by atoms with Gasteiger partial charge in [0.25, 0.3) is 5.56 Å². The number of hydrogen-bond donors (Lipinski definition) is 1. The Balaban J connectivity index is 1.62. The summed E-state index contributed by atoms with van der Waals surface area (Å²) in [6.07, 6.45) is 2.53. The molecule has 0 aliphatic heterocycles. The maximum atomic E-state index is 13.3. The number of ether oxygens (including phenoxy) is 1. The number of rotatable bonds is 8. The lowest BCUT2D eigenvalue weighted by Crippen LogP contribution is -2.23. The van der Waals surface area contributed by atoms with Crippen LogP contribution in [0.4, 0.5) is 5.69 Å².